The van der Waals surface area contributed by atoms with Crippen LogP contribution in [0, 0.1) is 5.82 Å². The highest BCUT2D eigenvalue weighted by atomic mass is 19.1. The van der Waals surface area contributed by atoms with Crippen molar-refractivity contribution in [1.82, 2.24) is 5.32 Å². The van der Waals surface area contributed by atoms with E-state index in [0.717, 1.165) is 0 Å². The van der Waals surface area contributed by atoms with E-state index in [9.17, 15) is 14.3 Å². The first-order valence-corrected chi connectivity index (χ1v) is 6.25. The van der Waals surface area contributed by atoms with Crippen LogP contribution in [-0.2, 0) is 4.79 Å². The van der Waals surface area contributed by atoms with E-state index in [4.69, 9.17) is 0 Å². The highest BCUT2D eigenvalue weighted by Gasteiger charge is 2.15. The number of benzene rings is 1. The van der Waals surface area contributed by atoms with Gasteiger partial charge in [-0.25, -0.2) is 4.39 Å². The summed E-state index contributed by atoms with van der Waals surface area (Å²) in [4.78, 5) is 11.8. The summed E-state index contributed by atoms with van der Waals surface area (Å²) in [5.74, 6) is -0.878. The van der Waals surface area contributed by atoms with Crippen molar-refractivity contribution in [2.24, 2.45) is 0 Å². The van der Waals surface area contributed by atoms with Crippen LogP contribution in [0.25, 0.3) is 0 Å². The number of nitrogens with one attached hydrogen (secondary N) is 1. The van der Waals surface area contributed by atoms with E-state index in [2.05, 4.69) is 5.32 Å². The molecule has 1 rings (SSSR count). The van der Waals surface area contributed by atoms with Crippen LogP contribution in [0.2, 0.25) is 0 Å². The highest BCUT2D eigenvalue weighted by molar-refractivity contribution is 5.83. The molecule has 1 aromatic carbocycles. The molecule has 0 spiro atoms. The predicted molar refractivity (Wildman–Crippen MR) is 68.7 cm³/mol. The Labute approximate surface area is 107 Å². The lowest BCUT2D eigenvalue weighted by Crippen LogP contribution is -2.30. The largest absolute Gasteiger partial charge is 0.393 e. The first-order valence-electron chi connectivity index (χ1n) is 6.25. The summed E-state index contributed by atoms with van der Waals surface area (Å²) in [5.41, 5.74) is 0.656. The van der Waals surface area contributed by atoms with Gasteiger partial charge >= 0.3 is 0 Å². The van der Waals surface area contributed by atoms with Gasteiger partial charge in [-0.2, -0.15) is 0 Å². The molecule has 0 aliphatic rings. The van der Waals surface area contributed by atoms with Crippen molar-refractivity contribution in [2.45, 2.75) is 38.7 Å². The second-order valence-corrected chi connectivity index (χ2v) is 4.42. The summed E-state index contributed by atoms with van der Waals surface area (Å²) < 4.78 is 13.0. The summed E-state index contributed by atoms with van der Waals surface area (Å²) in [7, 11) is 0. The fraction of sp³-hybridized carbons (Fsp3) is 0.500. The van der Waals surface area contributed by atoms with Crippen molar-refractivity contribution in [3.8, 4) is 0 Å². The fourth-order valence-electron chi connectivity index (χ4n) is 1.65. The molecule has 0 saturated heterocycles. The molecule has 0 aliphatic heterocycles. The van der Waals surface area contributed by atoms with Gasteiger partial charge in [0, 0.05) is 6.54 Å². The average Bonchev–Trinajstić information content (AvgIpc) is 2.37. The minimum Gasteiger partial charge on any atom is -0.393 e. The Morgan fingerprint density at radius 2 is 2.22 bits per heavy atom. The van der Waals surface area contributed by atoms with E-state index in [-0.39, 0.29) is 23.7 Å². The maximum absolute atomic E-state index is 13.0. The monoisotopic (exact) mass is 253 g/mol. The van der Waals surface area contributed by atoms with E-state index in [1.54, 1.807) is 19.1 Å². The number of aliphatic hydroxyl groups excluding tert-OH is 1. The molecule has 1 amide bonds. The molecule has 0 fully saturated rings. The number of hydrogen-bond donors (Lipinski definition) is 2. The van der Waals surface area contributed by atoms with Crippen LogP contribution in [0.4, 0.5) is 4.39 Å². The second kappa shape index (κ2) is 7.11. The lowest BCUT2D eigenvalue weighted by Gasteiger charge is -2.14. The summed E-state index contributed by atoms with van der Waals surface area (Å²) in [5, 5.41) is 12.1. The third kappa shape index (κ3) is 4.45. The number of hydrogen-bond acceptors (Lipinski definition) is 2. The van der Waals surface area contributed by atoms with Crippen LogP contribution < -0.4 is 5.32 Å². The standard InChI is InChI=1S/C14H20FNO2/c1-3-13(17)7-8-16-14(18)10(2)11-5-4-6-12(15)9-11/h4-6,9-10,13,17H,3,7-8H2,1-2H3,(H,16,18). The Bertz CT molecular complexity index is 395. The molecule has 0 saturated carbocycles. The van der Waals surface area contributed by atoms with Crippen LogP contribution in [0.1, 0.15) is 38.2 Å². The van der Waals surface area contributed by atoms with E-state index in [1.807, 2.05) is 6.92 Å². The molecule has 18 heavy (non-hydrogen) atoms. The first-order chi connectivity index (χ1) is 8.54. The van der Waals surface area contributed by atoms with E-state index < -0.39 is 0 Å². The zero-order valence-electron chi connectivity index (χ0n) is 10.8. The SMILES string of the molecule is CCC(O)CCNC(=O)C(C)c1cccc(F)c1. The van der Waals surface area contributed by atoms with Crippen LogP contribution in [-0.4, -0.2) is 23.7 Å². The van der Waals surface area contributed by atoms with Gasteiger partial charge in [0.25, 0.3) is 0 Å². The molecule has 3 nitrogen and oxygen atoms in total. The van der Waals surface area contributed by atoms with Gasteiger partial charge in [-0.3, -0.25) is 4.79 Å². The summed E-state index contributed by atoms with van der Waals surface area (Å²) in [6.07, 6.45) is 0.836. The van der Waals surface area contributed by atoms with Crippen molar-refractivity contribution in [2.75, 3.05) is 6.54 Å². The lowest BCUT2D eigenvalue weighted by molar-refractivity contribution is -0.122. The summed E-state index contributed by atoms with van der Waals surface area (Å²) in [6.45, 7) is 4.07. The van der Waals surface area contributed by atoms with Gasteiger partial charge in [0.15, 0.2) is 0 Å². The minimum absolute atomic E-state index is 0.149. The normalized spacial score (nSPS) is 14.0. The number of amides is 1. The number of rotatable bonds is 6. The highest BCUT2D eigenvalue weighted by Crippen LogP contribution is 2.16. The number of carbonyl (C=O) groups is 1. The molecule has 0 aliphatic carbocycles. The van der Waals surface area contributed by atoms with Crippen LogP contribution in [0.3, 0.4) is 0 Å². The topological polar surface area (TPSA) is 49.3 Å². The Morgan fingerprint density at radius 1 is 1.50 bits per heavy atom. The molecule has 1 aromatic rings. The molecule has 4 heteroatoms. The van der Waals surface area contributed by atoms with Gasteiger partial charge in [-0.1, -0.05) is 19.1 Å². The van der Waals surface area contributed by atoms with Crippen molar-refractivity contribution in [3.05, 3.63) is 35.6 Å². The van der Waals surface area contributed by atoms with E-state index in [1.165, 1.54) is 12.1 Å². The van der Waals surface area contributed by atoms with Crippen molar-refractivity contribution in [3.63, 3.8) is 0 Å². The van der Waals surface area contributed by atoms with Gasteiger partial charge in [0.2, 0.25) is 5.91 Å². The molecule has 2 atom stereocenters. The molecule has 100 valence electrons. The zero-order valence-corrected chi connectivity index (χ0v) is 10.8. The lowest BCUT2D eigenvalue weighted by atomic mass is 10.0. The van der Waals surface area contributed by atoms with Crippen molar-refractivity contribution >= 4 is 5.91 Å². The van der Waals surface area contributed by atoms with Crippen LogP contribution in [0.15, 0.2) is 24.3 Å². The molecule has 0 aromatic heterocycles. The van der Waals surface area contributed by atoms with Crippen molar-refractivity contribution < 1.29 is 14.3 Å². The van der Waals surface area contributed by atoms with Crippen LogP contribution >= 0.6 is 0 Å². The number of aliphatic hydroxyl groups is 1. The van der Waals surface area contributed by atoms with Gasteiger partial charge in [0.1, 0.15) is 5.82 Å². The molecular weight excluding hydrogens is 233 g/mol. The number of halogens is 1. The average molecular weight is 253 g/mol. The van der Waals surface area contributed by atoms with Gasteiger partial charge < -0.3 is 10.4 Å². The summed E-state index contributed by atoms with van der Waals surface area (Å²) >= 11 is 0. The Kier molecular flexibility index (Phi) is 5.78. The quantitative estimate of drug-likeness (QED) is 0.816. The molecule has 0 radical (unpaired) electrons. The third-order valence-electron chi connectivity index (χ3n) is 2.99. The minimum atomic E-state index is -0.389. The molecule has 0 heterocycles. The Morgan fingerprint density at radius 3 is 2.83 bits per heavy atom. The number of carbonyl (C=O) groups excluding carboxylic acids is 1. The zero-order chi connectivity index (χ0) is 13.5. The van der Waals surface area contributed by atoms with Gasteiger partial charge in [-0.15, -0.1) is 0 Å². The predicted octanol–water partition coefficient (Wildman–Crippen LogP) is 2.21. The van der Waals surface area contributed by atoms with Crippen molar-refractivity contribution in [1.29, 1.82) is 0 Å². The van der Waals surface area contributed by atoms with E-state index in [0.29, 0.717) is 24.9 Å². The van der Waals surface area contributed by atoms with Crippen LogP contribution in [0.5, 0.6) is 0 Å². The molecular formula is C14H20FNO2. The fourth-order valence-corrected chi connectivity index (χ4v) is 1.65. The molecule has 2 N–H and O–H groups in total. The Hall–Kier alpha value is -1.42. The van der Waals surface area contributed by atoms with Gasteiger partial charge in [0.05, 0.1) is 12.0 Å². The van der Waals surface area contributed by atoms with Gasteiger partial charge in [-0.05, 0) is 37.5 Å². The maximum atomic E-state index is 13.0. The second-order valence-electron chi connectivity index (χ2n) is 4.42. The maximum Gasteiger partial charge on any atom is 0.227 e. The Balaban J connectivity index is 2.46. The third-order valence-corrected chi connectivity index (χ3v) is 2.99. The molecule has 0 bridgehead atoms. The smallest absolute Gasteiger partial charge is 0.227 e. The first kappa shape index (κ1) is 14.6. The molecule has 2 unspecified atom stereocenters. The van der Waals surface area contributed by atoms with E-state index >= 15 is 0 Å². The summed E-state index contributed by atoms with van der Waals surface area (Å²) in [6, 6.07) is 6.04.